The molecular weight excluding hydrogens is 262 g/mol. The third-order valence-corrected chi connectivity index (χ3v) is 3.75. The fourth-order valence-corrected chi connectivity index (χ4v) is 2.05. The van der Waals surface area contributed by atoms with Gasteiger partial charge in [0.1, 0.15) is 0 Å². The van der Waals surface area contributed by atoms with E-state index in [4.69, 9.17) is 5.73 Å². The molecule has 1 aromatic carbocycles. The van der Waals surface area contributed by atoms with Gasteiger partial charge in [0.25, 0.3) is 0 Å². The number of amides is 1. The summed E-state index contributed by atoms with van der Waals surface area (Å²) in [6.45, 7) is 6.13. The zero-order chi connectivity index (χ0) is 15.7. The first kappa shape index (κ1) is 17.7. The van der Waals surface area contributed by atoms with Gasteiger partial charge in [-0.2, -0.15) is 0 Å². The summed E-state index contributed by atoms with van der Waals surface area (Å²) in [6, 6.07) is 9.98. The third kappa shape index (κ3) is 7.25. The van der Waals surface area contributed by atoms with E-state index < -0.39 is 6.04 Å². The summed E-state index contributed by atoms with van der Waals surface area (Å²) in [6.07, 6.45) is 2.66. The van der Waals surface area contributed by atoms with Crippen molar-refractivity contribution in [3.05, 3.63) is 35.9 Å². The maximum atomic E-state index is 11.9. The van der Waals surface area contributed by atoms with Gasteiger partial charge in [0.05, 0.1) is 6.04 Å². The lowest BCUT2D eigenvalue weighted by Gasteiger charge is -2.20. The Labute approximate surface area is 128 Å². The van der Waals surface area contributed by atoms with Crippen molar-refractivity contribution in [2.45, 2.75) is 45.2 Å². The number of carbonyl (C=O) groups excluding carboxylic acids is 1. The van der Waals surface area contributed by atoms with Crippen molar-refractivity contribution in [3.63, 3.8) is 0 Å². The number of benzene rings is 1. The second-order valence-corrected chi connectivity index (χ2v) is 5.87. The number of carbonyl (C=O) groups is 1. The summed E-state index contributed by atoms with van der Waals surface area (Å²) >= 11 is 0. The smallest absolute Gasteiger partial charge is 0.237 e. The first-order chi connectivity index (χ1) is 10.0. The summed E-state index contributed by atoms with van der Waals surface area (Å²) in [5.41, 5.74) is 7.03. The Bertz CT molecular complexity index is 406. The maximum Gasteiger partial charge on any atom is 0.237 e. The van der Waals surface area contributed by atoms with Gasteiger partial charge in [0.2, 0.25) is 5.91 Å². The fraction of sp³-hybridized carbons (Fsp3) is 0.588. The normalized spacial score (nSPS) is 12.7. The van der Waals surface area contributed by atoms with Crippen molar-refractivity contribution in [1.82, 2.24) is 10.2 Å². The molecule has 0 saturated heterocycles. The van der Waals surface area contributed by atoms with Crippen LogP contribution in [-0.4, -0.2) is 43.0 Å². The molecule has 3 N–H and O–H groups in total. The van der Waals surface area contributed by atoms with Crippen LogP contribution in [-0.2, 0) is 11.2 Å². The minimum atomic E-state index is -0.467. The lowest BCUT2D eigenvalue weighted by atomic mass is 10.1. The molecule has 0 unspecified atom stereocenters. The first-order valence-electron chi connectivity index (χ1n) is 7.78. The lowest BCUT2D eigenvalue weighted by Crippen LogP contribution is -2.42. The maximum absolute atomic E-state index is 11.9. The zero-order valence-corrected chi connectivity index (χ0v) is 13.5. The lowest BCUT2D eigenvalue weighted by molar-refractivity contribution is -0.122. The highest BCUT2D eigenvalue weighted by Crippen LogP contribution is 2.02. The van der Waals surface area contributed by atoms with E-state index in [1.54, 1.807) is 0 Å². The number of hydrogen-bond acceptors (Lipinski definition) is 3. The molecule has 0 bridgehead atoms. The van der Waals surface area contributed by atoms with Crippen LogP contribution in [0.15, 0.2) is 30.3 Å². The molecule has 0 spiro atoms. The van der Waals surface area contributed by atoms with E-state index in [1.165, 1.54) is 0 Å². The summed E-state index contributed by atoms with van der Waals surface area (Å²) in [4.78, 5) is 14.2. The van der Waals surface area contributed by atoms with Crippen molar-refractivity contribution in [2.75, 3.05) is 20.1 Å². The molecule has 0 aliphatic heterocycles. The van der Waals surface area contributed by atoms with Gasteiger partial charge >= 0.3 is 0 Å². The second-order valence-electron chi connectivity index (χ2n) is 5.87. The molecular formula is C17H29N3O. The van der Waals surface area contributed by atoms with Crippen LogP contribution < -0.4 is 11.1 Å². The molecule has 1 amide bonds. The van der Waals surface area contributed by atoms with Gasteiger partial charge < -0.3 is 16.0 Å². The molecule has 0 radical (unpaired) electrons. The molecule has 21 heavy (non-hydrogen) atoms. The van der Waals surface area contributed by atoms with Crippen LogP contribution >= 0.6 is 0 Å². The Morgan fingerprint density at radius 2 is 1.90 bits per heavy atom. The number of hydrogen-bond donors (Lipinski definition) is 2. The average molecular weight is 291 g/mol. The number of nitrogens with two attached hydrogens (primary N) is 1. The highest BCUT2D eigenvalue weighted by Gasteiger charge is 2.13. The van der Waals surface area contributed by atoms with Crippen molar-refractivity contribution >= 4 is 5.91 Å². The molecule has 0 fully saturated rings. The van der Waals surface area contributed by atoms with E-state index in [9.17, 15) is 4.79 Å². The molecule has 118 valence electrons. The standard InChI is InChI=1S/C17H29N3O/c1-14(2)20(3)12-8-7-11-19-17(21)16(18)13-15-9-5-4-6-10-15/h4-6,9-10,14,16H,7-8,11-13,18H2,1-3H3,(H,19,21)/t16-/m1/s1. The number of unbranched alkanes of at least 4 members (excludes halogenated alkanes) is 1. The molecule has 1 atom stereocenters. The quantitative estimate of drug-likeness (QED) is 0.682. The average Bonchev–Trinajstić information content (AvgIpc) is 2.47. The Kier molecular flexibility index (Phi) is 8.01. The van der Waals surface area contributed by atoms with Crippen LogP contribution in [0, 0.1) is 0 Å². The van der Waals surface area contributed by atoms with E-state index in [0.717, 1.165) is 24.9 Å². The summed E-state index contributed by atoms with van der Waals surface area (Å²) in [5, 5.41) is 2.92. The van der Waals surface area contributed by atoms with E-state index in [0.29, 0.717) is 19.0 Å². The number of nitrogens with one attached hydrogen (secondary N) is 1. The monoisotopic (exact) mass is 291 g/mol. The van der Waals surface area contributed by atoms with E-state index >= 15 is 0 Å². The van der Waals surface area contributed by atoms with Gasteiger partial charge in [-0.1, -0.05) is 30.3 Å². The van der Waals surface area contributed by atoms with E-state index in [-0.39, 0.29) is 5.91 Å². The van der Waals surface area contributed by atoms with Crippen molar-refractivity contribution in [1.29, 1.82) is 0 Å². The Hall–Kier alpha value is -1.39. The number of rotatable bonds is 9. The second kappa shape index (κ2) is 9.53. The number of nitrogens with zero attached hydrogens (tertiary/aromatic N) is 1. The molecule has 0 aromatic heterocycles. The van der Waals surface area contributed by atoms with Gasteiger partial charge in [0, 0.05) is 12.6 Å². The fourth-order valence-electron chi connectivity index (χ4n) is 2.05. The molecule has 0 saturated carbocycles. The van der Waals surface area contributed by atoms with Gasteiger partial charge in [-0.25, -0.2) is 0 Å². The minimum absolute atomic E-state index is 0.0592. The van der Waals surface area contributed by atoms with Crippen LogP contribution in [0.1, 0.15) is 32.3 Å². The van der Waals surface area contributed by atoms with Crippen LogP contribution in [0.3, 0.4) is 0 Å². The van der Waals surface area contributed by atoms with Crippen LogP contribution in [0.25, 0.3) is 0 Å². The van der Waals surface area contributed by atoms with Crippen LogP contribution in [0.5, 0.6) is 0 Å². The molecule has 4 nitrogen and oxygen atoms in total. The Morgan fingerprint density at radius 1 is 1.24 bits per heavy atom. The summed E-state index contributed by atoms with van der Waals surface area (Å²) in [7, 11) is 2.12. The van der Waals surface area contributed by atoms with Gasteiger partial charge in [-0.05, 0) is 52.3 Å². The van der Waals surface area contributed by atoms with Crippen LogP contribution in [0.4, 0.5) is 0 Å². The van der Waals surface area contributed by atoms with Gasteiger partial charge in [-0.3, -0.25) is 4.79 Å². The Balaban J connectivity index is 2.16. The largest absolute Gasteiger partial charge is 0.355 e. The summed E-state index contributed by atoms with van der Waals surface area (Å²) in [5.74, 6) is -0.0592. The highest BCUT2D eigenvalue weighted by molar-refractivity contribution is 5.81. The summed E-state index contributed by atoms with van der Waals surface area (Å²) < 4.78 is 0. The molecule has 4 heteroatoms. The zero-order valence-electron chi connectivity index (χ0n) is 13.5. The highest BCUT2D eigenvalue weighted by atomic mass is 16.2. The third-order valence-electron chi connectivity index (χ3n) is 3.75. The van der Waals surface area contributed by atoms with Gasteiger partial charge in [-0.15, -0.1) is 0 Å². The van der Waals surface area contributed by atoms with Crippen molar-refractivity contribution < 1.29 is 4.79 Å². The molecule has 0 aliphatic rings. The van der Waals surface area contributed by atoms with Crippen molar-refractivity contribution in [2.24, 2.45) is 5.73 Å². The van der Waals surface area contributed by atoms with E-state index in [1.807, 2.05) is 30.3 Å². The molecule has 1 aromatic rings. The molecule has 1 rings (SSSR count). The first-order valence-corrected chi connectivity index (χ1v) is 7.78. The van der Waals surface area contributed by atoms with E-state index in [2.05, 4.69) is 31.1 Å². The predicted octanol–water partition coefficient (Wildman–Crippen LogP) is 1.79. The topological polar surface area (TPSA) is 58.4 Å². The SMILES string of the molecule is CC(C)N(C)CCCCNC(=O)[C@H](N)Cc1ccccc1. The molecule has 0 heterocycles. The predicted molar refractivity (Wildman–Crippen MR) is 88.1 cm³/mol. The van der Waals surface area contributed by atoms with Crippen LogP contribution in [0.2, 0.25) is 0 Å². The van der Waals surface area contributed by atoms with Crippen molar-refractivity contribution in [3.8, 4) is 0 Å². The molecule has 0 aliphatic carbocycles. The minimum Gasteiger partial charge on any atom is -0.355 e. The Morgan fingerprint density at radius 3 is 2.52 bits per heavy atom. The van der Waals surface area contributed by atoms with Gasteiger partial charge in [0.15, 0.2) is 0 Å².